The van der Waals surface area contributed by atoms with Crippen LogP contribution in [0.3, 0.4) is 0 Å². The van der Waals surface area contributed by atoms with Gasteiger partial charge in [-0.25, -0.2) is 15.0 Å². The van der Waals surface area contributed by atoms with Gasteiger partial charge in [0.05, 0.1) is 0 Å². The average Bonchev–Trinajstić information content (AvgIpc) is 3.67. The number of furan rings is 2. The molecule has 0 bridgehead atoms. The van der Waals surface area contributed by atoms with Crippen LogP contribution >= 0.6 is 0 Å². The fraction of sp³-hybridized carbons (Fsp3) is 0. The zero-order chi connectivity index (χ0) is 29.0. The number of hydrogen-bond donors (Lipinski definition) is 0. The molecule has 0 saturated carbocycles. The molecule has 9 rings (SSSR count). The van der Waals surface area contributed by atoms with Gasteiger partial charge in [0.25, 0.3) is 0 Å². The fourth-order valence-corrected chi connectivity index (χ4v) is 6.12. The van der Waals surface area contributed by atoms with E-state index in [1.165, 1.54) is 0 Å². The molecule has 5 nitrogen and oxygen atoms in total. The average molecular weight is 566 g/mol. The number of hydrogen-bond acceptors (Lipinski definition) is 5. The molecule has 0 fully saturated rings. The first-order valence-electron chi connectivity index (χ1n) is 14.5. The molecular weight excluding hydrogens is 542 g/mol. The minimum atomic E-state index is 0.585. The van der Waals surface area contributed by atoms with Crippen molar-refractivity contribution < 1.29 is 8.83 Å². The van der Waals surface area contributed by atoms with Crippen LogP contribution in [-0.4, -0.2) is 15.0 Å². The number of aromatic nitrogens is 3. The monoisotopic (exact) mass is 565 g/mol. The Morgan fingerprint density at radius 3 is 1.66 bits per heavy atom. The highest BCUT2D eigenvalue weighted by atomic mass is 16.3. The van der Waals surface area contributed by atoms with Crippen molar-refractivity contribution in [1.82, 2.24) is 15.0 Å². The lowest BCUT2D eigenvalue weighted by atomic mass is 9.97. The van der Waals surface area contributed by atoms with Crippen LogP contribution in [0, 0.1) is 0 Å². The van der Waals surface area contributed by atoms with E-state index in [1.807, 2.05) is 91.0 Å². The van der Waals surface area contributed by atoms with E-state index in [9.17, 15) is 0 Å². The van der Waals surface area contributed by atoms with Gasteiger partial charge in [-0.3, -0.25) is 0 Å². The Balaban J connectivity index is 1.32. The van der Waals surface area contributed by atoms with Crippen LogP contribution in [0.5, 0.6) is 0 Å². The molecule has 0 aliphatic carbocycles. The van der Waals surface area contributed by atoms with Gasteiger partial charge in [0.1, 0.15) is 22.3 Å². The van der Waals surface area contributed by atoms with Crippen molar-refractivity contribution in [3.05, 3.63) is 140 Å². The Kier molecular flexibility index (Phi) is 5.43. The quantitative estimate of drug-likeness (QED) is 0.212. The molecule has 3 aromatic heterocycles. The zero-order valence-corrected chi connectivity index (χ0v) is 23.4. The van der Waals surface area contributed by atoms with Crippen LogP contribution < -0.4 is 0 Å². The lowest BCUT2D eigenvalue weighted by molar-refractivity contribution is 0.668. The van der Waals surface area contributed by atoms with Crippen molar-refractivity contribution in [2.45, 2.75) is 0 Å². The highest BCUT2D eigenvalue weighted by Crippen LogP contribution is 2.41. The first-order valence-corrected chi connectivity index (χ1v) is 14.5. The van der Waals surface area contributed by atoms with E-state index in [0.29, 0.717) is 17.5 Å². The first kappa shape index (κ1) is 24.5. The summed E-state index contributed by atoms with van der Waals surface area (Å²) in [6.07, 6.45) is 0. The van der Waals surface area contributed by atoms with Gasteiger partial charge in [-0.1, -0.05) is 103 Å². The Labute approximate surface area is 252 Å². The van der Waals surface area contributed by atoms with Crippen LogP contribution in [0.15, 0.2) is 148 Å². The highest BCUT2D eigenvalue weighted by molar-refractivity contribution is 6.17. The van der Waals surface area contributed by atoms with Crippen LogP contribution in [0.1, 0.15) is 0 Å². The number of para-hydroxylation sites is 1. The SMILES string of the molecule is c1ccc(-c2nc(-c3ccc4oc5ccccc5c4c3)nc(-c3cccc4oc5cccc(-c6ccccc6)c5c34)n2)cc1. The summed E-state index contributed by atoms with van der Waals surface area (Å²) < 4.78 is 12.5. The maximum Gasteiger partial charge on any atom is 0.164 e. The van der Waals surface area contributed by atoms with Gasteiger partial charge in [0, 0.05) is 38.2 Å². The maximum absolute atomic E-state index is 6.41. The third kappa shape index (κ3) is 3.91. The molecule has 0 saturated heterocycles. The molecule has 9 aromatic rings. The van der Waals surface area contributed by atoms with Gasteiger partial charge in [0.15, 0.2) is 17.5 Å². The van der Waals surface area contributed by atoms with Crippen LogP contribution in [0.2, 0.25) is 0 Å². The summed E-state index contributed by atoms with van der Waals surface area (Å²) in [5.41, 5.74) is 8.21. The molecule has 0 spiro atoms. The minimum Gasteiger partial charge on any atom is -0.456 e. The third-order valence-corrected chi connectivity index (χ3v) is 8.15. The zero-order valence-electron chi connectivity index (χ0n) is 23.4. The molecule has 0 unspecified atom stereocenters. The molecule has 44 heavy (non-hydrogen) atoms. The lowest BCUT2D eigenvalue weighted by Gasteiger charge is -2.10. The van der Waals surface area contributed by atoms with Crippen molar-refractivity contribution in [3.63, 3.8) is 0 Å². The second-order valence-corrected chi connectivity index (χ2v) is 10.8. The Morgan fingerprint density at radius 1 is 0.341 bits per heavy atom. The minimum absolute atomic E-state index is 0.585. The van der Waals surface area contributed by atoms with E-state index in [0.717, 1.165) is 71.7 Å². The van der Waals surface area contributed by atoms with Crippen molar-refractivity contribution >= 4 is 43.9 Å². The number of rotatable bonds is 4. The van der Waals surface area contributed by atoms with Crippen LogP contribution in [-0.2, 0) is 0 Å². The number of benzene rings is 6. The van der Waals surface area contributed by atoms with E-state index in [4.69, 9.17) is 23.8 Å². The van der Waals surface area contributed by atoms with Gasteiger partial charge < -0.3 is 8.83 Å². The van der Waals surface area contributed by atoms with E-state index >= 15 is 0 Å². The second-order valence-electron chi connectivity index (χ2n) is 10.8. The smallest absolute Gasteiger partial charge is 0.164 e. The van der Waals surface area contributed by atoms with Crippen molar-refractivity contribution in [2.75, 3.05) is 0 Å². The predicted molar refractivity (Wildman–Crippen MR) is 176 cm³/mol. The number of fused-ring (bicyclic) bond motifs is 6. The summed E-state index contributed by atoms with van der Waals surface area (Å²) >= 11 is 0. The van der Waals surface area contributed by atoms with Crippen LogP contribution in [0.4, 0.5) is 0 Å². The largest absolute Gasteiger partial charge is 0.456 e. The summed E-state index contributed by atoms with van der Waals surface area (Å²) in [6, 6.07) is 46.9. The molecular formula is C39H23N3O2. The molecule has 0 aliphatic rings. The topological polar surface area (TPSA) is 65.0 Å². The van der Waals surface area contributed by atoms with E-state index < -0.39 is 0 Å². The molecule has 0 aliphatic heterocycles. The Morgan fingerprint density at radius 2 is 0.886 bits per heavy atom. The fourth-order valence-electron chi connectivity index (χ4n) is 6.12. The Hall–Kier alpha value is -6.07. The summed E-state index contributed by atoms with van der Waals surface area (Å²) in [5.74, 6) is 1.78. The van der Waals surface area contributed by atoms with E-state index in [1.54, 1.807) is 0 Å². The standard InChI is InChI=1S/C39H23N3O2/c1-3-11-24(12-4-1)27-16-9-19-33-35(27)36-29(17-10-20-34(36)44-33)39-41-37(25-13-5-2-6-14-25)40-38(42-39)26-21-22-32-30(23-26)28-15-7-8-18-31(28)43-32/h1-23H. The first-order chi connectivity index (χ1) is 21.8. The Bertz CT molecular complexity index is 2500. The predicted octanol–water partition coefficient (Wildman–Crippen LogP) is 10.3. The van der Waals surface area contributed by atoms with Gasteiger partial charge in [-0.15, -0.1) is 0 Å². The lowest BCUT2D eigenvalue weighted by Crippen LogP contribution is -2.00. The highest BCUT2D eigenvalue weighted by Gasteiger charge is 2.20. The van der Waals surface area contributed by atoms with Crippen LogP contribution in [0.25, 0.3) is 89.2 Å². The van der Waals surface area contributed by atoms with Gasteiger partial charge >= 0.3 is 0 Å². The summed E-state index contributed by atoms with van der Waals surface area (Å²) in [7, 11) is 0. The van der Waals surface area contributed by atoms with Crippen molar-refractivity contribution in [1.29, 1.82) is 0 Å². The molecule has 3 heterocycles. The second kappa shape index (κ2) is 9.75. The molecule has 206 valence electrons. The van der Waals surface area contributed by atoms with Gasteiger partial charge in [0.2, 0.25) is 0 Å². The molecule has 0 radical (unpaired) electrons. The number of nitrogens with zero attached hydrogens (tertiary/aromatic N) is 3. The molecule has 0 atom stereocenters. The van der Waals surface area contributed by atoms with Gasteiger partial charge in [-0.2, -0.15) is 0 Å². The van der Waals surface area contributed by atoms with E-state index in [-0.39, 0.29) is 0 Å². The van der Waals surface area contributed by atoms with E-state index in [2.05, 4.69) is 48.5 Å². The summed E-state index contributed by atoms with van der Waals surface area (Å²) in [5, 5.41) is 4.11. The maximum atomic E-state index is 6.41. The summed E-state index contributed by atoms with van der Waals surface area (Å²) in [4.78, 5) is 15.2. The molecule has 6 aromatic carbocycles. The van der Waals surface area contributed by atoms with Crippen molar-refractivity contribution in [3.8, 4) is 45.3 Å². The third-order valence-electron chi connectivity index (χ3n) is 8.15. The summed E-state index contributed by atoms with van der Waals surface area (Å²) in [6.45, 7) is 0. The molecule has 5 heteroatoms. The van der Waals surface area contributed by atoms with Gasteiger partial charge in [-0.05, 0) is 47.5 Å². The molecule has 0 N–H and O–H groups in total. The normalized spacial score (nSPS) is 11.6. The van der Waals surface area contributed by atoms with Crippen molar-refractivity contribution in [2.24, 2.45) is 0 Å². The molecule has 0 amide bonds.